The van der Waals surface area contributed by atoms with Gasteiger partial charge in [0.2, 0.25) is 11.7 Å². The maximum atomic E-state index is 13.3. The second kappa shape index (κ2) is 8.96. The molecule has 1 aromatic heterocycles. The lowest BCUT2D eigenvalue weighted by molar-refractivity contribution is -0.116. The van der Waals surface area contributed by atoms with Gasteiger partial charge in [-0.1, -0.05) is 91.0 Å². The summed E-state index contributed by atoms with van der Waals surface area (Å²) < 4.78 is 4.67. The Morgan fingerprint density at radius 2 is 1.41 bits per heavy atom. The second-order valence-electron chi connectivity index (χ2n) is 8.10. The van der Waals surface area contributed by atoms with Crippen LogP contribution in [-0.2, 0) is 15.1 Å². The third kappa shape index (κ3) is 3.76. The van der Waals surface area contributed by atoms with Gasteiger partial charge in [0, 0.05) is 6.54 Å². The van der Waals surface area contributed by atoms with Crippen LogP contribution in [0.1, 0.15) is 27.3 Å². The molecule has 2 N–H and O–H groups in total. The van der Waals surface area contributed by atoms with Gasteiger partial charge < -0.3 is 15.0 Å². The van der Waals surface area contributed by atoms with Crippen LogP contribution in [0.5, 0.6) is 0 Å². The SMILES string of the molecule is COC(=O)c1ncc(NC(=O)C2CN2C(c2ccccc2)(c2ccccc2)c2ccccc2)[nH]1. The topological polar surface area (TPSA) is 87.1 Å². The molecule has 4 aromatic rings. The van der Waals surface area contributed by atoms with Crippen molar-refractivity contribution in [1.82, 2.24) is 14.9 Å². The lowest BCUT2D eigenvalue weighted by Gasteiger charge is -2.38. The normalized spacial score (nSPS) is 17.1. The first-order chi connectivity index (χ1) is 16.6. The fourth-order valence-corrected chi connectivity index (χ4v) is 4.57. The number of ether oxygens (including phenoxy) is 1. The second-order valence-corrected chi connectivity index (χ2v) is 8.10. The fraction of sp³-hybridized carbons (Fsp3) is 0.148. The van der Waals surface area contributed by atoms with Crippen molar-refractivity contribution in [1.29, 1.82) is 0 Å². The molecule has 1 fully saturated rings. The van der Waals surface area contributed by atoms with Crippen LogP contribution in [0.2, 0.25) is 0 Å². The highest BCUT2D eigenvalue weighted by Crippen LogP contribution is 2.48. The van der Waals surface area contributed by atoms with Gasteiger partial charge >= 0.3 is 5.97 Å². The molecule has 170 valence electrons. The smallest absolute Gasteiger partial charge is 0.374 e. The van der Waals surface area contributed by atoms with E-state index in [-0.39, 0.29) is 17.8 Å². The van der Waals surface area contributed by atoms with E-state index in [4.69, 9.17) is 0 Å². The van der Waals surface area contributed by atoms with Crippen LogP contribution in [0.4, 0.5) is 5.82 Å². The molecule has 7 heteroatoms. The molecule has 2 heterocycles. The number of aromatic amines is 1. The predicted molar refractivity (Wildman–Crippen MR) is 128 cm³/mol. The van der Waals surface area contributed by atoms with E-state index in [0.717, 1.165) is 16.7 Å². The molecule has 1 aliphatic heterocycles. The van der Waals surface area contributed by atoms with E-state index in [0.29, 0.717) is 12.4 Å². The minimum absolute atomic E-state index is 0.0395. The quantitative estimate of drug-likeness (QED) is 0.253. The summed E-state index contributed by atoms with van der Waals surface area (Å²) in [6.07, 6.45) is 1.41. The molecule has 1 saturated heterocycles. The molecule has 1 amide bonds. The van der Waals surface area contributed by atoms with Gasteiger partial charge in [-0.2, -0.15) is 0 Å². The molecule has 3 aromatic carbocycles. The van der Waals surface area contributed by atoms with Gasteiger partial charge in [-0.05, 0) is 16.7 Å². The van der Waals surface area contributed by atoms with E-state index in [1.807, 2.05) is 54.6 Å². The molecular formula is C27H24N4O3. The molecule has 5 rings (SSSR count). The highest BCUT2D eigenvalue weighted by molar-refractivity contribution is 5.97. The average Bonchev–Trinajstić information content (AvgIpc) is 3.56. The van der Waals surface area contributed by atoms with Crippen molar-refractivity contribution in [3.63, 3.8) is 0 Å². The zero-order valence-electron chi connectivity index (χ0n) is 18.6. The average molecular weight is 453 g/mol. The number of aromatic nitrogens is 2. The first-order valence-electron chi connectivity index (χ1n) is 11.0. The van der Waals surface area contributed by atoms with E-state index < -0.39 is 11.5 Å². The van der Waals surface area contributed by atoms with Crippen molar-refractivity contribution >= 4 is 17.7 Å². The number of anilines is 1. The molecule has 34 heavy (non-hydrogen) atoms. The number of nitrogens with one attached hydrogen (secondary N) is 2. The third-order valence-electron chi connectivity index (χ3n) is 6.13. The van der Waals surface area contributed by atoms with Crippen LogP contribution in [0.15, 0.2) is 97.2 Å². The molecule has 0 spiro atoms. The van der Waals surface area contributed by atoms with E-state index in [1.54, 1.807) is 0 Å². The van der Waals surface area contributed by atoms with Crippen molar-refractivity contribution in [2.75, 3.05) is 19.0 Å². The number of H-pyrrole nitrogens is 1. The van der Waals surface area contributed by atoms with Gasteiger partial charge in [-0.3, -0.25) is 9.69 Å². The third-order valence-corrected chi connectivity index (χ3v) is 6.13. The Bertz CT molecular complexity index is 1190. The van der Waals surface area contributed by atoms with E-state index in [9.17, 15) is 9.59 Å². The summed E-state index contributed by atoms with van der Waals surface area (Å²) in [5.74, 6) is -0.378. The highest BCUT2D eigenvalue weighted by Gasteiger charge is 2.56. The van der Waals surface area contributed by atoms with E-state index in [2.05, 4.69) is 61.3 Å². The van der Waals surface area contributed by atoms with E-state index in [1.165, 1.54) is 13.3 Å². The van der Waals surface area contributed by atoms with Gasteiger partial charge in [0.25, 0.3) is 0 Å². The van der Waals surface area contributed by atoms with Crippen molar-refractivity contribution in [2.24, 2.45) is 0 Å². The van der Waals surface area contributed by atoms with Crippen LogP contribution in [0, 0.1) is 0 Å². The summed E-state index contributed by atoms with van der Waals surface area (Å²) in [6, 6.07) is 30.4. The predicted octanol–water partition coefficient (Wildman–Crippen LogP) is 3.81. The number of benzene rings is 3. The Labute approximate surface area is 197 Å². The molecule has 1 aliphatic rings. The van der Waals surface area contributed by atoms with Gasteiger partial charge in [0.1, 0.15) is 11.9 Å². The molecule has 7 nitrogen and oxygen atoms in total. The molecule has 0 aliphatic carbocycles. The van der Waals surface area contributed by atoms with Crippen molar-refractivity contribution < 1.29 is 14.3 Å². The molecule has 0 saturated carbocycles. The van der Waals surface area contributed by atoms with Crippen molar-refractivity contribution in [3.05, 3.63) is 120 Å². The lowest BCUT2D eigenvalue weighted by Crippen LogP contribution is -2.40. The number of rotatable bonds is 7. The minimum atomic E-state index is -0.642. The summed E-state index contributed by atoms with van der Waals surface area (Å²) >= 11 is 0. The monoisotopic (exact) mass is 452 g/mol. The number of carbonyl (C=O) groups excluding carboxylic acids is 2. The number of esters is 1. The van der Waals surface area contributed by atoms with Crippen LogP contribution < -0.4 is 5.32 Å². The number of hydrogen-bond donors (Lipinski definition) is 2. The Morgan fingerprint density at radius 1 is 0.912 bits per heavy atom. The summed E-state index contributed by atoms with van der Waals surface area (Å²) in [4.78, 5) is 33.9. The minimum Gasteiger partial charge on any atom is -0.463 e. The highest BCUT2D eigenvalue weighted by atomic mass is 16.5. The Morgan fingerprint density at radius 3 is 1.88 bits per heavy atom. The summed E-state index contributed by atoms with van der Waals surface area (Å²) in [6.45, 7) is 0.572. The number of imidazole rings is 1. The Kier molecular flexibility index (Phi) is 5.69. The Hall–Kier alpha value is -4.23. The largest absolute Gasteiger partial charge is 0.463 e. The number of nitrogens with zero attached hydrogens (tertiary/aromatic N) is 2. The van der Waals surface area contributed by atoms with E-state index >= 15 is 0 Å². The van der Waals surface area contributed by atoms with Crippen molar-refractivity contribution in [3.8, 4) is 0 Å². The van der Waals surface area contributed by atoms with Crippen LogP contribution in [0.3, 0.4) is 0 Å². The summed E-state index contributed by atoms with van der Waals surface area (Å²) in [7, 11) is 1.28. The summed E-state index contributed by atoms with van der Waals surface area (Å²) in [5.41, 5.74) is 2.60. The first-order valence-corrected chi connectivity index (χ1v) is 11.0. The molecule has 2 unspecified atom stereocenters. The maximum absolute atomic E-state index is 13.3. The van der Waals surface area contributed by atoms with Gasteiger partial charge in [0.05, 0.1) is 18.8 Å². The number of methoxy groups -OCH3 is 1. The first kappa shape index (κ1) is 21.6. The molecule has 0 radical (unpaired) electrons. The molecule has 0 bridgehead atoms. The van der Waals surface area contributed by atoms with Gasteiger partial charge in [-0.25, -0.2) is 9.78 Å². The Balaban J connectivity index is 1.53. The van der Waals surface area contributed by atoms with Crippen molar-refractivity contribution in [2.45, 2.75) is 11.6 Å². The summed E-state index contributed by atoms with van der Waals surface area (Å²) in [5, 5.41) is 2.85. The lowest BCUT2D eigenvalue weighted by atomic mass is 9.76. The maximum Gasteiger partial charge on any atom is 0.374 e. The number of amides is 1. The van der Waals surface area contributed by atoms with Crippen LogP contribution in [0.25, 0.3) is 0 Å². The molecular weight excluding hydrogens is 428 g/mol. The standard InChI is InChI=1S/C27H24N4O3/c1-34-26(33)24-28-17-23(29-24)30-25(32)22-18-31(22)27(19-11-5-2-6-12-19,20-13-7-3-8-14-20)21-15-9-4-10-16-21/h2-17,22H,18H2,1H3,(H,28,29)(H,30,32). The van der Waals surface area contributed by atoms with Crippen LogP contribution >= 0.6 is 0 Å². The van der Waals surface area contributed by atoms with Gasteiger partial charge in [-0.15, -0.1) is 0 Å². The molecule has 2 atom stereocenters. The fourth-order valence-electron chi connectivity index (χ4n) is 4.57. The number of hydrogen-bond acceptors (Lipinski definition) is 5. The zero-order valence-corrected chi connectivity index (χ0v) is 18.6. The zero-order chi connectivity index (χ0) is 23.5. The number of carbonyl (C=O) groups is 2. The van der Waals surface area contributed by atoms with Gasteiger partial charge in [0.15, 0.2) is 0 Å². The van der Waals surface area contributed by atoms with Crippen LogP contribution in [-0.4, -0.2) is 46.4 Å².